The normalized spacial score (nSPS) is 7.30. The third kappa shape index (κ3) is 16.1. The Kier molecular flexibility index (Phi) is 28.9. The van der Waals surface area contributed by atoms with Crippen LogP contribution in [-0.4, -0.2) is 18.0 Å². The third-order valence-electron chi connectivity index (χ3n) is 0.937. The van der Waals surface area contributed by atoms with Crippen LogP contribution in [0.4, 0.5) is 0 Å². The number of aliphatic hydroxyl groups is 1. The van der Waals surface area contributed by atoms with Crippen LogP contribution < -0.4 is 51.4 Å². The Morgan fingerprint density at radius 2 is 1.80 bits per heavy atom. The second kappa shape index (κ2) is 16.7. The summed E-state index contributed by atoms with van der Waals surface area (Å²) in [5.74, 6) is 0. The molecule has 0 rings (SSSR count). The van der Waals surface area contributed by atoms with Gasteiger partial charge in [0.15, 0.2) is 0 Å². The minimum atomic E-state index is 0. The first kappa shape index (κ1) is 17.3. The van der Waals surface area contributed by atoms with E-state index >= 15 is 0 Å². The summed E-state index contributed by atoms with van der Waals surface area (Å²) in [6, 6.07) is 0. The van der Waals surface area contributed by atoms with Crippen molar-refractivity contribution in [3.05, 3.63) is 0 Å². The Bertz CT molecular complexity index is 59.0. The van der Waals surface area contributed by atoms with Gasteiger partial charge in [-0.15, -0.1) is 0 Å². The molecule has 0 heterocycles. The molecule has 0 aliphatic carbocycles. The standard InChI is InChI=1S/C6H11O2.K.H2O/c7-5-3-1-2-4-6-8;;/h7H,1-5H2;;1H2/q-1;+1;/p+1. The second-order valence-electron chi connectivity index (χ2n) is 1.68. The summed E-state index contributed by atoms with van der Waals surface area (Å²) in [5.41, 5.74) is 0. The van der Waals surface area contributed by atoms with Gasteiger partial charge in [-0.2, -0.15) is 6.42 Å². The van der Waals surface area contributed by atoms with E-state index in [2.05, 4.69) is 0 Å². The quantitative estimate of drug-likeness (QED) is 0.205. The first-order chi connectivity index (χ1) is 3.91. The maximum Gasteiger partial charge on any atom is 1.00 e. The minimum absolute atomic E-state index is 0. The SMILES string of the molecule is O=[C-]CCCCCO.[K+].[OH3+]. The van der Waals surface area contributed by atoms with Crippen LogP contribution in [0.5, 0.6) is 0 Å². The molecule has 0 saturated heterocycles. The van der Waals surface area contributed by atoms with Gasteiger partial charge < -0.3 is 15.4 Å². The smallest absolute Gasteiger partial charge is 0.542 e. The van der Waals surface area contributed by atoms with Crippen molar-refractivity contribution >= 4 is 6.29 Å². The van der Waals surface area contributed by atoms with Crippen molar-refractivity contribution in [3.63, 3.8) is 0 Å². The predicted octanol–water partition coefficient (Wildman–Crippen LogP) is -3.27. The van der Waals surface area contributed by atoms with Crippen LogP contribution in [0.1, 0.15) is 25.7 Å². The molecule has 0 atom stereocenters. The molecule has 56 valence electrons. The number of carbonyl (C=O) groups excluding carboxylic acids is 1. The van der Waals surface area contributed by atoms with Gasteiger partial charge in [0.25, 0.3) is 0 Å². The van der Waals surface area contributed by atoms with Crippen molar-refractivity contribution < 1.29 is 66.8 Å². The molecule has 0 unspecified atom stereocenters. The average molecular weight is 173 g/mol. The van der Waals surface area contributed by atoms with E-state index in [9.17, 15) is 4.79 Å². The Balaban J connectivity index is -0.000000245. The van der Waals surface area contributed by atoms with Crippen LogP contribution in [0.2, 0.25) is 0 Å². The van der Waals surface area contributed by atoms with Crippen molar-refractivity contribution in [2.24, 2.45) is 0 Å². The topological polar surface area (TPSA) is 70.3 Å². The van der Waals surface area contributed by atoms with Crippen molar-refractivity contribution in [2.75, 3.05) is 6.61 Å². The fourth-order valence-corrected chi connectivity index (χ4v) is 0.486. The second-order valence-corrected chi connectivity index (χ2v) is 1.68. The van der Waals surface area contributed by atoms with Crippen LogP contribution in [0, 0.1) is 0 Å². The van der Waals surface area contributed by atoms with Crippen LogP contribution in [0.15, 0.2) is 0 Å². The summed E-state index contributed by atoms with van der Waals surface area (Å²) >= 11 is 0. The van der Waals surface area contributed by atoms with E-state index in [0.717, 1.165) is 19.3 Å². The summed E-state index contributed by atoms with van der Waals surface area (Å²) < 4.78 is 0. The molecule has 4 N–H and O–H groups in total. The van der Waals surface area contributed by atoms with Crippen LogP contribution in [-0.2, 0) is 10.3 Å². The van der Waals surface area contributed by atoms with E-state index in [1.165, 1.54) is 0 Å². The van der Waals surface area contributed by atoms with E-state index in [1.807, 2.05) is 0 Å². The molecule has 0 radical (unpaired) electrons. The van der Waals surface area contributed by atoms with E-state index in [1.54, 1.807) is 6.29 Å². The zero-order chi connectivity index (χ0) is 6.24. The molecule has 10 heavy (non-hydrogen) atoms. The predicted molar refractivity (Wildman–Crippen MR) is 36.1 cm³/mol. The van der Waals surface area contributed by atoms with Crippen molar-refractivity contribution in [1.29, 1.82) is 0 Å². The molecule has 0 saturated carbocycles. The number of unbranched alkanes of at least 4 members (excludes halogenated alkanes) is 3. The number of hydrogen-bond donors (Lipinski definition) is 1. The average Bonchev–Trinajstić information content (AvgIpc) is 1.81. The number of hydrogen-bond acceptors (Lipinski definition) is 2. The van der Waals surface area contributed by atoms with E-state index < -0.39 is 0 Å². The zero-order valence-corrected chi connectivity index (χ0v) is 9.59. The van der Waals surface area contributed by atoms with Crippen molar-refractivity contribution in [1.82, 2.24) is 0 Å². The molecule has 0 aromatic heterocycles. The van der Waals surface area contributed by atoms with Gasteiger partial charge in [0.1, 0.15) is 0 Å². The van der Waals surface area contributed by atoms with Gasteiger partial charge in [0.05, 0.1) is 0 Å². The molecular weight excluding hydrogens is 159 g/mol. The minimum Gasteiger partial charge on any atom is -0.542 e. The van der Waals surface area contributed by atoms with Gasteiger partial charge in [-0.05, 0) is 6.42 Å². The summed E-state index contributed by atoms with van der Waals surface area (Å²) in [6.45, 7) is 0.235. The molecule has 0 aromatic carbocycles. The van der Waals surface area contributed by atoms with Crippen LogP contribution in [0.3, 0.4) is 0 Å². The molecule has 0 aromatic rings. The number of rotatable bonds is 5. The Hall–Kier alpha value is 1.23. The molecule has 0 aliphatic heterocycles. The van der Waals surface area contributed by atoms with Gasteiger partial charge in [-0.25, -0.2) is 0 Å². The Labute approximate surface area is 104 Å². The number of aliphatic hydroxyl groups excluding tert-OH is 1. The van der Waals surface area contributed by atoms with Gasteiger partial charge in [0, 0.05) is 6.61 Å². The molecular formula is C6H14KO3+. The molecule has 4 heteroatoms. The fourth-order valence-electron chi connectivity index (χ4n) is 0.486. The van der Waals surface area contributed by atoms with E-state index in [0.29, 0.717) is 6.42 Å². The van der Waals surface area contributed by atoms with E-state index in [4.69, 9.17) is 5.11 Å². The summed E-state index contributed by atoms with van der Waals surface area (Å²) in [4.78, 5) is 9.58. The summed E-state index contributed by atoms with van der Waals surface area (Å²) in [5, 5.41) is 8.27. The molecule has 0 fully saturated rings. The zero-order valence-electron chi connectivity index (χ0n) is 6.47. The van der Waals surface area contributed by atoms with Crippen molar-refractivity contribution in [3.8, 4) is 0 Å². The van der Waals surface area contributed by atoms with E-state index in [-0.39, 0.29) is 63.5 Å². The van der Waals surface area contributed by atoms with Crippen molar-refractivity contribution in [2.45, 2.75) is 25.7 Å². The Morgan fingerprint density at radius 3 is 2.20 bits per heavy atom. The molecule has 0 bridgehead atoms. The first-order valence-electron chi connectivity index (χ1n) is 2.87. The summed E-state index contributed by atoms with van der Waals surface area (Å²) in [6.07, 6.45) is 4.92. The van der Waals surface area contributed by atoms with Gasteiger partial charge >= 0.3 is 51.4 Å². The van der Waals surface area contributed by atoms with Crippen LogP contribution in [0.25, 0.3) is 0 Å². The van der Waals surface area contributed by atoms with Gasteiger partial charge in [-0.1, -0.05) is 12.8 Å². The summed E-state index contributed by atoms with van der Waals surface area (Å²) in [7, 11) is 0. The fraction of sp³-hybridized carbons (Fsp3) is 0.833. The molecule has 3 nitrogen and oxygen atoms in total. The Morgan fingerprint density at radius 1 is 1.20 bits per heavy atom. The molecule has 0 aliphatic rings. The van der Waals surface area contributed by atoms with Gasteiger partial charge in [0.2, 0.25) is 0 Å². The maximum atomic E-state index is 9.58. The first-order valence-corrected chi connectivity index (χ1v) is 2.87. The molecule has 0 spiro atoms. The molecule has 0 amide bonds. The third-order valence-corrected chi connectivity index (χ3v) is 0.937. The largest absolute Gasteiger partial charge is 1.00 e. The van der Waals surface area contributed by atoms with Crippen LogP contribution >= 0.6 is 0 Å². The van der Waals surface area contributed by atoms with Gasteiger partial charge in [-0.3, -0.25) is 6.29 Å². The maximum absolute atomic E-state index is 9.58. The monoisotopic (exact) mass is 173 g/mol.